The van der Waals surface area contributed by atoms with Gasteiger partial charge < -0.3 is 15.5 Å². The maximum Gasteiger partial charge on any atom is 0.247 e. The third-order valence-electron chi connectivity index (χ3n) is 4.09. The Balaban J connectivity index is 2.10. The Morgan fingerprint density at radius 3 is 2.52 bits per heavy atom. The summed E-state index contributed by atoms with van der Waals surface area (Å²) in [6.45, 7) is 4.62. The third kappa shape index (κ3) is 3.08. The number of piperazine rings is 1. The summed E-state index contributed by atoms with van der Waals surface area (Å²) in [4.78, 5) is 28.1. The van der Waals surface area contributed by atoms with E-state index in [1.54, 1.807) is 30.7 Å². The fourth-order valence-electron chi connectivity index (χ4n) is 2.75. The zero-order valence-corrected chi connectivity index (χ0v) is 12.9. The van der Waals surface area contributed by atoms with Crippen LogP contribution in [0.3, 0.4) is 0 Å². The van der Waals surface area contributed by atoms with Crippen molar-refractivity contribution in [3.05, 3.63) is 35.9 Å². The van der Waals surface area contributed by atoms with E-state index in [4.69, 9.17) is 5.73 Å². The highest BCUT2D eigenvalue weighted by Gasteiger charge is 2.43. The number of likely N-dealkylation sites (N-methyl/N-ethyl adjacent to an activating group) is 1. The molecule has 1 saturated heterocycles. The first-order valence-corrected chi connectivity index (χ1v) is 7.20. The van der Waals surface area contributed by atoms with Crippen molar-refractivity contribution in [2.24, 2.45) is 5.73 Å². The van der Waals surface area contributed by atoms with Crippen molar-refractivity contribution in [2.45, 2.75) is 31.8 Å². The molecular formula is C16H23N3O2. The van der Waals surface area contributed by atoms with Crippen molar-refractivity contribution < 1.29 is 9.59 Å². The van der Waals surface area contributed by atoms with E-state index in [2.05, 4.69) is 0 Å². The smallest absolute Gasteiger partial charge is 0.247 e. The SMILES string of the molecule is CN1CCN(C(=O)C(N)Cc2ccccc2)C(C)(C)C1=O. The summed E-state index contributed by atoms with van der Waals surface area (Å²) in [6, 6.07) is 9.06. The minimum absolute atomic E-state index is 0.0472. The molecular weight excluding hydrogens is 266 g/mol. The van der Waals surface area contributed by atoms with Gasteiger partial charge in [0.05, 0.1) is 6.04 Å². The predicted octanol–water partition coefficient (Wildman–Crippen LogP) is 0.636. The Labute approximate surface area is 125 Å². The van der Waals surface area contributed by atoms with Gasteiger partial charge in [0.15, 0.2) is 0 Å². The highest BCUT2D eigenvalue weighted by atomic mass is 16.2. The average molecular weight is 289 g/mol. The minimum Gasteiger partial charge on any atom is -0.342 e. The lowest BCUT2D eigenvalue weighted by molar-refractivity contribution is -0.157. The second-order valence-corrected chi connectivity index (χ2v) is 6.07. The average Bonchev–Trinajstić information content (AvgIpc) is 2.45. The number of nitrogens with zero attached hydrogens (tertiary/aromatic N) is 2. The molecule has 21 heavy (non-hydrogen) atoms. The van der Waals surface area contributed by atoms with Gasteiger partial charge in [0.1, 0.15) is 5.54 Å². The van der Waals surface area contributed by atoms with Crippen molar-refractivity contribution in [3.8, 4) is 0 Å². The van der Waals surface area contributed by atoms with E-state index in [-0.39, 0.29) is 11.8 Å². The molecule has 1 aromatic carbocycles. The van der Waals surface area contributed by atoms with Crippen molar-refractivity contribution >= 4 is 11.8 Å². The number of amides is 2. The monoisotopic (exact) mass is 289 g/mol. The first-order chi connectivity index (χ1) is 9.84. The maximum absolute atomic E-state index is 12.6. The number of nitrogens with two attached hydrogens (primary N) is 1. The molecule has 1 fully saturated rings. The Morgan fingerprint density at radius 2 is 1.90 bits per heavy atom. The third-order valence-corrected chi connectivity index (χ3v) is 4.09. The number of carbonyl (C=O) groups is 2. The quantitative estimate of drug-likeness (QED) is 0.888. The topological polar surface area (TPSA) is 66.6 Å². The van der Waals surface area contributed by atoms with Crippen molar-refractivity contribution in [3.63, 3.8) is 0 Å². The van der Waals surface area contributed by atoms with E-state index in [0.717, 1.165) is 5.56 Å². The van der Waals surface area contributed by atoms with Crippen LogP contribution in [-0.2, 0) is 16.0 Å². The Kier molecular flexibility index (Phi) is 4.32. The summed E-state index contributed by atoms with van der Waals surface area (Å²) in [6.07, 6.45) is 0.482. The molecule has 1 heterocycles. The number of benzene rings is 1. The second-order valence-electron chi connectivity index (χ2n) is 6.07. The van der Waals surface area contributed by atoms with Gasteiger partial charge in [-0.2, -0.15) is 0 Å². The Hall–Kier alpha value is -1.88. The normalized spacial score (nSPS) is 19.5. The van der Waals surface area contributed by atoms with Crippen LogP contribution in [0.2, 0.25) is 0 Å². The first-order valence-electron chi connectivity index (χ1n) is 7.20. The summed E-state index contributed by atoms with van der Waals surface area (Å²) in [5.41, 5.74) is 6.25. The lowest BCUT2D eigenvalue weighted by atomic mass is 9.95. The highest BCUT2D eigenvalue weighted by Crippen LogP contribution is 2.22. The highest BCUT2D eigenvalue weighted by molar-refractivity contribution is 5.93. The van der Waals surface area contributed by atoms with Crippen LogP contribution in [0.1, 0.15) is 19.4 Å². The van der Waals surface area contributed by atoms with Gasteiger partial charge in [-0.15, -0.1) is 0 Å². The lowest BCUT2D eigenvalue weighted by Crippen LogP contribution is -2.66. The molecule has 5 nitrogen and oxygen atoms in total. The van der Waals surface area contributed by atoms with Gasteiger partial charge in [-0.1, -0.05) is 30.3 Å². The van der Waals surface area contributed by atoms with E-state index in [9.17, 15) is 9.59 Å². The van der Waals surface area contributed by atoms with Crippen LogP contribution in [-0.4, -0.2) is 53.3 Å². The molecule has 1 aromatic rings. The molecule has 5 heteroatoms. The summed E-state index contributed by atoms with van der Waals surface area (Å²) in [7, 11) is 1.76. The molecule has 0 aromatic heterocycles. The number of hydrogen-bond acceptors (Lipinski definition) is 3. The summed E-state index contributed by atoms with van der Waals surface area (Å²) in [5.74, 6) is -0.209. The van der Waals surface area contributed by atoms with Crippen LogP contribution < -0.4 is 5.73 Å². The van der Waals surface area contributed by atoms with Crippen LogP contribution in [0.15, 0.2) is 30.3 Å². The summed E-state index contributed by atoms with van der Waals surface area (Å²) in [5, 5.41) is 0. The standard InChI is InChI=1S/C16H23N3O2/c1-16(2)15(21)18(3)9-10-19(16)14(20)13(17)11-12-7-5-4-6-8-12/h4-8,13H,9-11,17H2,1-3H3. The number of carbonyl (C=O) groups excluding carboxylic acids is 2. The molecule has 2 amide bonds. The molecule has 2 N–H and O–H groups in total. The number of hydrogen-bond donors (Lipinski definition) is 1. The molecule has 0 aliphatic carbocycles. The van der Waals surface area contributed by atoms with Crippen molar-refractivity contribution in [1.82, 2.24) is 9.80 Å². The van der Waals surface area contributed by atoms with Crippen LogP contribution in [0.4, 0.5) is 0 Å². The van der Waals surface area contributed by atoms with E-state index >= 15 is 0 Å². The maximum atomic E-state index is 12.6. The zero-order valence-electron chi connectivity index (χ0n) is 12.9. The van der Waals surface area contributed by atoms with Crippen LogP contribution in [0, 0.1) is 0 Å². The summed E-state index contributed by atoms with van der Waals surface area (Å²) < 4.78 is 0. The molecule has 0 saturated carbocycles. The molecule has 1 atom stereocenters. The Bertz CT molecular complexity index is 528. The fourth-order valence-corrected chi connectivity index (χ4v) is 2.75. The first kappa shape index (κ1) is 15.5. The van der Waals surface area contributed by atoms with Crippen LogP contribution in [0.5, 0.6) is 0 Å². The molecule has 0 bridgehead atoms. The largest absolute Gasteiger partial charge is 0.342 e. The van der Waals surface area contributed by atoms with Gasteiger partial charge in [0.25, 0.3) is 0 Å². The van der Waals surface area contributed by atoms with Gasteiger partial charge in [0, 0.05) is 20.1 Å². The van der Waals surface area contributed by atoms with Gasteiger partial charge in [-0.25, -0.2) is 0 Å². The predicted molar refractivity (Wildman–Crippen MR) is 81.6 cm³/mol. The molecule has 0 radical (unpaired) electrons. The van der Waals surface area contributed by atoms with Crippen LogP contribution in [0.25, 0.3) is 0 Å². The Morgan fingerprint density at radius 1 is 1.29 bits per heavy atom. The summed E-state index contributed by atoms with van der Waals surface area (Å²) >= 11 is 0. The van der Waals surface area contributed by atoms with Crippen molar-refractivity contribution in [2.75, 3.05) is 20.1 Å². The number of rotatable bonds is 3. The van der Waals surface area contributed by atoms with Gasteiger partial charge in [-0.05, 0) is 25.8 Å². The van der Waals surface area contributed by atoms with Gasteiger partial charge >= 0.3 is 0 Å². The fraction of sp³-hybridized carbons (Fsp3) is 0.500. The lowest BCUT2D eigenvalue weighted by Gasteiger charge is -2.45. The molecule has 1 aliphatic rings. The van der Waals surface area contributed by atoms with E-state index < -0.39 is 11.6 Å². The van der Waals surface area contributed by atoms with E-state index in [1.807, 2.05) is 30.3 Å². The van der Waals surface area contributed by atoms with Crippen molar-refractivity contribution in [1.29, 1.82) is 0 Å². The molecule has 1 unspecified atom stereocenters. The molecule has 114 valence electrons. The van der Waals surface area contributed by atoms with Gasteiger partial charge in [0.2, 0.25) is 11.8 Å². The molecule has 0 spiro atoms. The molecule has 2 rings (SSSR count). The van der Waals surface area contributed by atoms with E-state index in [1.165, 1.54) is 0 Å². The zero-order chi connectivity index (χ0) is 15.6. The second kappa shape index (κ2) is 5.85. The van der Waals surface area contributed by atoms with Gasteiger partial charge in [-0.3, -0.25) is 9.59 Å². The molecule has 1 aliphatic heterocycles. The van der Waals surface area contributed by atoms with E-state index in [0.29, 0.717) is 19.5 Å². The van der Waals surface area contributed by atoms with Crippen LogP contribution >= 0.6 is 0 Å². The minimum atomic E-state index is -0.835.